The Morgan fingerprint density at radius 3 is 2.63 bits per heavy atom. The molecular weight excluding hydrogens is 378 g/mol. The van der Waals surface area contributed by atoms with Crippen molar-refractivity contribution in [1.29, 1.82) is 5.41 Å². The summed E-state index contributed by atoms with van der Waals surface area (Å²) >= 11 is 0. The van der Waals surface area contributed by atoms with E-state index in [0.29, 0.717) is 29.8 Å². The molecule has 3 aromatic rings. The number of rotatable bonds is 10. The second-order valence-corrected chi connectivity index (χ2v) is 7.67. The monoisotopic (exact) mass is 409 g/mol. The van der Waals surface area contributed by atoms with Crippen molar-refractivity contribution in [2.75, 3.05) is 6.54 Å². The van der Waals surface area contributed by atoms with E-state index in [4.69, 9.17) is 5.41 Å². The lowest BCUT2D eigenvalue weighted by molar-refractivity contribution is 0.0950. The van der Waals surface area contributed by atoms with E-state index in [1.54, 1.807) is 22.9 Å². The summed E-state index contributed by atoms with van der Waals surface area (Å²) < 4.78 is 3.18. The number of nitrogens with one attached hydrogen (secondary N) is 2. The molecule has 0 aliphatic rings. The summed E-state index contributed by atoms with van der Waals surface area (Å²) in [5.74, 6) is -0.305. The molecule has 0 radical (unpaired) electrons. The Morgan fingerprint density at radius 2 is 1.87 bits per heavy atom. The van der Waals surface area contributed by atoms with Gasteiger partial charge in [0.15, 0.2) is 0 Å². The molecule has 30 heavy (non-hydrogen) atoms. The first kappa shape index (κ1) is 21.7. The van der Waals surface area contributed by atoms with Gasteiger partial charge in [0.05, 0.1) is 10.9 Å². The third-order valence-corrected chi connectivity index (χ3v) is 5.36. The summed E-state index contributed by atoms with van der Waals surface area (Å²) in [5, 5.41) is 11.9. The number of carbonyl (C=O) groups is 1. The molecule has 0 fully saturated rings. The van der Waals surface area contributed by atoms with Crippen molar-refractivity contribution in [3.63, 3.8) is 0 Å². The van der Waals surface area contributed by atoms with Crippen LogP contribution in [0.15, 0.2) is 35.3 Å². The van der Waals surface area contributed by atoms with E-state index in [-0.39, 0.29) is 22.5 Å². The maximum Gasteiger partial charge on any atom is 0.267 e. The van der Waals surface area contributed by atoms with Gasteiger partial charge in [-0.05, 0) is 31.0 Å². The number of hydrogen-bond donors (Lipinski definition) is 2. The third-order valence-electron chi connectivity index (χ3n) is 5.36. The molecule has 160 valence electrons. The van der Waals surface area contributed by atoms with Gasteiger partial charge in [0, 0.05) is 19.3 Å². The van der Waals surface area contributed by atoms with Crippen LogP contribution in [0.1, 0.15) is 69.2 Å². The molecule has 0 atom stereocenters. The molecule has 3 rings (SSSR count). The molecule has 0 unspecified atom stereocenters. The quantitative estimate of drug-likeness (QED) is 0.396. The summed E-state index contributed by atoms with van der Waals surface area (Å²) in [6.45, 7) is 5.36. The van der Waals surface area contributed by atoms with Crippen LogP contribution in [0, 0.1) is 5.41 Å². The molecule has 0 bridgehead atoms. The van der Waals surface area contributed by atoms with Crippen LogP contribution in [-0.4, -0.2) is 26.4 Å². The fourth-order valence-corrected chi connectivity index (χ4v) is 3.62. The van der Waals surface area contributed by atoms with Crippen molar-refractivity contribution in [2.45, 2.75) is 65.3 Å². The molecule has 2 N–H and O–H groups in total. The number of pyridine rings is 2. The predicted molar refractivity (Wildman–Crippen MR) is 119 cm³/mol. The minimum Gasteiger partial charge on any atom is -0.352 e. The molecule has 0 saturated carbocycles. The minimum absolute atomic E-state index is 0.103. The van der Waals surface area contributed by atoms with Crippen LogP contribution in [0.4, 0.5) is 0 Å². The first-order chi connectivity index (χ1) is 14.6. The van der Waals surface area contributed by atoms with Gasteiger partial charge in [-0.3, -0.25) is 19.4 Å². The van der Waals surface area contributed by atoms with Crippen molar-refractivity contribution < 1.29 is 4.79 Å². The Kier molecular flexibility index (Phi) is 7.38. The highest BCUT2D eigenvalue weighted by Gasteiger charge is 2.17. The van der Waals surface area contributed by atoms with Crippen LogP contribution < -0.4 is 16.4 Å². The van der Waals surface area contributed by atoms with Gasteiger partial charge >= 0.3 is 0 Å². The van der Waals surface area contributed by atoms with Crippen molar-refractivity contribution in [2.24, 2.45) is 0 Å². The summed E-state index contributed by atoms with van der Waals surface area (Å²) in [6, 6.07) is 6.90. The van der Waals surface area contributed by atoms with E-state index in [2.05, 4.69) is 24.1 Å². The molecule has 0 aliphatic carbocycles. The Labute approximate surface area is 176 Å². The molecule has 7 nitrogen and oxygen atoms in total. The van der Waals surface area contributed by atoms with Gasteiger partial charge in [0.1, 0.15) is 16.8 Å². The first-order valence-corrected chi connectivity index (χ1v) is 11.0. The lowest BCUT2D eigenvalue weighted by Gasteiger charge is -2.14. The van der Waals surface area contributed by atoms with Crippen LogP contribution in [-0.2, 0) is 6.54 Å². The molecule has 0 aliphatic heterocycles. The standard InChI is InChI=1S/C23H31N5O2/c1-3-5-7-8-10-13-25-22(29)17-16-18-21(28(20(17)24)14-6-4-2)26-19-12-9-11-15-27(19)23(18)30/h9,11-12,15-16,24H,3-8,10,13-14H2,1-2H3,(H,25,29). The zero-order chi connectivity index (χ0) is 21.5. The Bertz CT molecular complexity index is 1150. The maximum atomic E-state index is 13.1. The number of hydrogen-bond acceptors (Lipinski definition) is 4. The molecular formula is C23H31N5O2. The Morgan fingerprint density at radius 1 is 1.10 bits per heavy atom. The van der Waals surface area contributed by atoms with Gasteiger partial charge in [-0.1, -0.05) is 52.0 Å². The van der Waals surface area contributed by atoms with Gasteiger partial charge in [0.25, 0.3) is 11.5 Å². The van der Waals surface area contributed by atoms with Crippen LogP contribution >= 0.6 is 0 Å². The number of aryl methyl sites for hydroxylation is 1. The van der Waals surface area contributed by atoms with Gasteiger partial charge in [-0.2, -0.15) is 0 Å². The smallest absolute Gasteiger partial charge is 0.267 e. The van der Waals surface area contributed by atoms with Crippen LogP contribution in [0.5, 0.6) is 0 Å². The molecule has 0 aromatic carbocycles. The minimum atomic E-state index is -0.305. The van der Waals surface area contributed by atoms with E-state index < -0.39 is 0 Å². The number of fused-ring (bicyclic) bond motifs is 2. The van der Waals surface area contributed by atoms with Crippen LogP contribution in [0.25, 0.3) is 16.7 Å². The lowest BCUT2D eigenvalue weighted by Crippen LogP contribution is -2.35. The lowest BCUT2D eigenvalue weighted by atomic mass is 10.1. The summed E-state index contributed by atoms with van der Waals surface area (Å²) in [6.07, 6.45) is 8.99. The number of aromatic nitrogens is 3. The molecule has 3 heterocycles. The maximum absolute atomic E-state index is 13.1. The predicted octanol–water partition coefficient (Wildman–Crippen LogP) is 3.63. The van der Waals surface area contributed by atoms with Crippen molar-refractivity contribution in [3.8, 4) is 0 Å². The second-order valence-electron chi connectivity index (χ2n) is 7.67. The fraction of sp³-hybridized carbons (Fsp3) is 0.478. The van der Waals surface area contributed by atoms with E-state index in [1.165, 1.54) is 29.7 Å². The largest absolute Gasteiger partial charge is 0.352 e. The zero-order valence-corrected chi connectivity index (χ0v) is 17.9. The highest BCUT2D eigenvalue weighted by atomic mass is 16.1. The Hall–Kier alpha value is -2.96. The second kappa shape index (κ2) is 10.2. The average Bonchev–Trinajstić information content (AvgIpc) is 2.75. The van der Waals surface area contributed by atoms with Gasteiger partial charge < -0.3 is 9.88 Å². The third kappa shape index (κ3) is 4.61. The number of nitrogens with zero attached hydrogens (tertiary/aromatic N) is 3. The molecule has 7 heteroatoms. The molecule has 1 amide bonds. The van der Waals surface area contributed by atoms with E-state index >= 15 is 0 Å². The Balaban J connectivity index is 2.00. The van der Waals surface area contributed by atoms with Crippen LogP contribution in [0.3, 0.4) is 0 Å². The number of amides is 1. The van der Waals surface area contributed by atoms with Crippen LogP contribution in [0.2, 0.25) is 0 Å². The SMILES string of the molecule is CCCCCCCNC(=O)c1cc2c(=O)n3ccccc3nc2n(CCCC)c1=N. The highest BCUT2D eigenvalue weighted by molar-refractivity contribution is 5.96. The normalized spacial score (nSPS) is 11.3. The summed E-state index contributed by atoms with van der Waals surface area (Å²) in [4.78, 5) is 30.5. The molecule has 0 saturated heterocycles. The fourth-order valence-electron chi connectivity index (χ4n) is 3.62. The van der Waals surface area contributed by atoms with Crippen molar-refractivity contribution >= 4 is 22.6 Å². The first-order valence-electron chi connectivity index (χ1n) is 11.0. The van der Waals surface area contributed by atoms with Crippen molar-refractivity contribution in [3.05, 3.63) is 51.9 Å². The summed E-state index contributed by atoms with van der Waals surface area (Å²) in [7, 11) is 0. The molecule has 0 spiro atoms. The topological polar surface area (TPSA) is 92.2 Å². The average molecular weight is 410 g/mol. The van der Waals surface area contributed by atoms with E-state index in [1.807, 2.05) is 6.07 Å². The van der Waals surface area contributed by atoms with Gasteiger partial charge in [-0.15, -0.1) is 0 Å². The molecule has 3 aromatic heterocycles. The van der Waals surface area contributed by atoms with E-state index in [0.717, 1.165) is 25.7 Å². The highest BCUT2D eigenvalue weighted by Crippen LogP contribution is 2.11. The van der Waals surface area contributed by atoms with Crippen molar-refractivity contribution in [1.82, 2.24) is 19.3 Å². The number of unbranched alkanes of at least 4 members (excludes halogenated alkanes) is 5. The van der Waals surface area contributed by atoms with Gasteiger partial charge in [-0.25, -0.2) is 4.98 Å². The summed E-state index contributed by atoms with van der Waals surface area (Å²) in [5.41, 5.74) is 1.09. The number of carbonyl (C=O) groups excluding carboxylic acids is 1. The van der Waals surface area contributed by atoms with E-state index in [9.17, 15) is 9.59 Å². The zero-order valence-electron chi connectivity index (χ0n) is 17.9. The van der Waals surface area contributed by atoms with Gasteiger partial charge in [0.2, 0.25) is 0 Å².